The van der Waals surface area contributed by atoms with Crippen LogP contribution < -0.4 is 5.73 Å². The number of carboxylic acids is 1. The molecule has 1 rings (SSSR count). The number of aliphatic carboxylic acids is 1. The van der Waals surface area contributed by atoms with E-state index < -0.39 is 5.97 Å². The molecule has 1 aromatic carbocycles. The first-order chi connectivity index (χ1) is 9.60. The van der Waals surface area contributed by atoms with Crippen LogP contribution in [0.25, 0.3) is 0 Å². The molecule has 0 aliphatic heterocycles. The quantitative estimate of drug-likeness (QED) is 0.759. The molecule has 20 heavy (non-hydrogen) atoms. The third kappa shape index (κ3) is 11.8. The first kappa shape index (κ1) is 18.7. The van der Waals surface area contributed by atoms with E-state index in [1.54, 1.807) is 0 Å². The number of rotatable bonds is 8. The zero-order chi connectivity index (χ0) is 15.2. The topological polar surface area (TPSA) is 63.3 Å². The van der Waals surface area contributed by atoms with Gasteiger partial charge in [-0.3, -0.25) is 4.79 Å². The van der Waals surface area contributed by atoms with Crippen LogP contribution in [0.5, 0.6) is 0 Å². The van der Waals surface area contributed by atoms with Gasteiger partial charge in [0.05, 0.1) is 0 Å². The Morgan fingerprint density at radius 3 is 2.40 bits per heavy atom. The van der Waals surface area contributed by atoms with Gasteiger partial charge in [0.2, 0.25) is 0 Å². The van der Waals surface area contributed by atoms with Gasteiger partial charge in [0.25, 0.3) is 0 Å². The zero-order valence-corrected chi connectivity index (χ0v) is 13.0. The van der Waals surface area contributed by atoms with Crippen LogP contribution in [0.2, 0.25) is 0 Å². The number of hydrogen-bond donors (Lipinski definition) is 2. The van der Waals surface area contributed by atoms with Crippen molar-refractivity contribution in [2.24, 2.45) is 5.73 Å². The maximum Gasteiger partial charge on any atom is 0.303 e. The molecule has 0 radical (unpaired) electrons. The molecule has 0 saturated carbocycles. The Bertz CT molecular complexity index is 379. The number of nitrogens with two attached hydrogens (primary N) is 1. The fourth-order valence-corrected chi connectivity index (χ4v) is 2.20. The molecule has 0 unspecified atom stereocenters. The molecule has 0 aromatic heterocycles. The second-order valence-electron chi connectivity index (χ2n) is 4.35. The van der Waals surface area contributed by atoms with Crippen LogP contribution in [-0.4, -0.2) is 17.6 Å². The third-order valence-electron chi connectivity index (χ3n) is 2.41. The Morgan fingerprint density at radius 1 is 1.30 bits per heavy atom. The van der Waals surface area contributed by atoms with Crippen molar-refractivity contribution in [3.63, 3.8) is 0 Å². The standard InChI is InChI=1S/C12H17NS.C4H8O2/c1-11(6-5-9-13)14-10-12-7-3-2-4-8-12;1-2-3-4(5)6/h2-4,7-8H,1,5-6,9-10,13H2;2-3H2,1H3,(H,5,6). The molecule has 0 heterocycles. The third-order valence-corrected chi connectivity index (χ3v) is 3.50. The Hall–Kier alpha value is -1.26. The summed E-state index contributed by atoms with van der Waals surface area (Å²) in [5.74, 6) is 0.307. The van der Waals surface area contributed by atoms with Crippen LogP contribution in [0.3, 0.4) is 0 Å². The van der Waals surface area contributed by atoms with Crippen molar-refractivity contribution >= 4 is 17.7 Å². The summed E-state index contributed by atoms with van der Waals surface area (Å²) >= 11 is 1.82. The summed E-state index contributed by atoms with van der Waals surface area (Å²) in [6.07, 6.45) is 3.10. The summed E-state index contributed by atoms with van der Waals surface area (Å²) in [4.78, 5) is 10.8. The van der Waals surface area contributed by atoms with Crippen molar-refractivity contribution < 1.29 is 9.90 Å². The van der Waals surface area contributed by atoms with Crippen molar-refractivity contribution in [2.75, 3.05) is 6.54 Å². The van der Waals surface area contributed by atoms with Crippen molar-refractivity contribution in [1.82, 2.24) is 0 Å². The van der Waals surface area contributed by atoms with E-state index in [4.69, 9.17) is 10.8 Å². The van der Waals surface area contributed by atoms with E-state index in [-0.39, 0.29) is 0 Å². The average molecular weight is 295 g/mol. The fraction of sp³-hybridized carbons (Fsp3) is 0.438. The van der Waals surface area contributed by atoms with E-state index >= 15 is 0 Å². The number of carboxylic acid groups (broad SMARTS) is 1. The molecule has 0 aliphatic rings. The number of allylic oxidation sites excluding steroid dienone is 1. The van der Waals surface area contributed by atoms with E-state index in [1.165, 1.54) is 10.5 Å². The highest BCUT2D eigenvalue weighted by Crippen LogP contribution is 2.22. The predicted octanol–water partition coefficient (Wildman–Crippen LogP) is 4.04. The van der Waals surface area contributed by atoms with E-state index in [1.807, 2.05) is 24.8 Å². The Kier molecular flexibility index (Phi) is 12.0. The summed E-state index contributed by atoms with van der Waals surface area (Å²) in [7, 11) is 0. The minimum atomic E-state index is -0.711. The van der Waals surface area contributed by atoms with Gasteiger partial charge < -0.3 is 10.8 Å². The number of hydrogen-bond acceptors (Lipinski definition) is 3. The molecule has 0 amide bonds. The highest BCUT2D eigenvalue weighted by molar-refractivity contribution is 8.02. The fourth-order valence-electron chi connectivity index (χ4n) is 1.34. The average Bonchev–Trinajstić information content (AvgIpc) is 2.44. The van der Waals surface area contributed by atoms with Gasteiger partial charge in [-0.2, -0.15) is 0 Å². The van der Waals surface area contributed by atoms with E-state index in [0.29, 0.717) is 6.42 Å². The van der Waals surface area contributed by atoms with Crippen molar-refractivity contribution in [3.8, 4) is 0 Å². The lowest BCUT2D eigenvalue weighted by molar-refractivity contribution is -0.137. The minimum absolute atomic E-state index is 0.292. The molecule has 0 aliphatic carbocycles. The van der Waals surface area contributed by atoms with Crippen LogP contribution in [-0.2, 0) is 10.5 Å². The molecule has 0 saturated heterocycles. The maximum atomic E-state index is 9.60. The number of benzene rings is 1. The lowest BCUT2D eigenvalue weighted by Crippen LogP contribution is -1.97. The molecule has 0 fully saturated rings. The molecule has 1 aromatic rings. The monoisotopic (exact) mass is 295 g/mol. The highest BCUT2D eigenvalue weighted by Gasteiger charge is 1.96. The van der Waals surface area contributed by atoms with E-state index in [0.717, 1.165) is 31.6 Å². The summed E-state index contributed by atoms with van der Waals surface area (Å²) in [5.41, 5.74) is 6.79. The molecule has 112 valence electrons. The van der Waals surface area contributed by atoms with Crippen LogP contribution >= 0.6 is 11.8 Å². The number of carbonyl (C=O) groups is 1. The van der Waals surface area contributed by atoms with Crippen molar-refractivity contribution in [1.29, 1.82) is 0 Å². The molecule has 0 spiro atoms. The largest absolute Gasteiger partial charge is 0.481 e. The van der Waals surface area contributed by atoms with Gasteiger partial charge in [-0.1, -0.05) is 43.8 Å². The first-order valence-corrected chi connectivity index (χ1v) is 7.85. The molecule has 4 heteroatoms. The molecular formula is C16H25NO2S. The van der Waals surface area contributed by atoms with Gasteiger partial charge in [0.1, 0.15) is 0 Å². The first-order valence-electron chi connectivity index (χ1n) is 6.86. The van der Waals surface area contributed by atoms with E-state index in [9.17, 15) is 4.79 Å². The Labute approximate surface area is 126 Å². The van der Waals surface area contributed by atoms with Crippen LogP contribution in [0.4, 0.5) is 0 Å². The Balaban J connectivity index is 0.000000511. The zero-order valence-electron chi connectivity index (χ0n) is 12.2. The van der Waals surface area contributed by atoms with Crippen LogP contribution in [0.15, 0.2) is 41.8 Å². The smallest absolute Gasteiger partial charge is 0.303 e. The second kappa shape index (κ2) is 12.8. The molecule has 3 nitrogen and oxygen atoms in total. The molecular weight excluding hydrogens is 270 g/mol. The predicted molar refractivity (Wildman–Crippen MR) is 87.7 cm³/mol. The minimum Gasteiger partial charge on any atom is -0.481 e. The summed E-state index contributed by atoms with van der Waals surface area (Å²) < 4.78 is 0. The van der Waals surface area contributed by atoms with Gasteiger partial charge in [-0.05, 0) is 36.3 Å². The molecule has 0 bridgehead atoms. The van der Waals surface area contributed by atoms with Crippen molar-refractivity contribution in [2.45, 2.75) is 38.4 Å². The van der Waals surface area contributed by atoms with Crippen LogP contribution in [0, 0.1) is 0 Å². The van der Waals surface area contributed by atoms with Gasteiger partial charge in [0.15, 0.2) is 0 Å². The van der Waals surface area contributed by atoms with Gasteiger partial charge in [0, 0.05) is 12.2 Å². The Morgan fingerprint density at radius 2 is 1.95 bits per heavy atom. The van der Waals surface area contributed by atoms with Crippen LogP contribution in [0.1, 0.15) is 38.2 Å². The van der Waals surface area contributed by atoms with Gasteiger partial charge in [-0.15, -0.1) is 11.8 Å². The molecule has 0 atom stereocenters. The highest BCUT2D eigenvalue weighted by atomic mass is 32.2. The maximum absolute atomic E-state index is 9.60. The lowest BCUT2D eigenvalue weighted by Gasteiger charge is -2.04. The normalized spacial score (nSPS) is 9.50. The van der Waals surface area contributed by atoms with Gasteiger partial charge >= 0.3 is 5.97 Å². The summed E-state index contributed by atoms with van der Waals surface area (Å²) in [5, 5.41) is 7.91. The summed E-state index contributed by atoms with van der Waals surface area (Å²) in [6, 6.07) is 10.5. The molecule has 3 N–H and O–H groups in total. The number of thioether (sulfide) groups is 1. The SMILES string of the molecule is C=C(CCCN)SCc1ccccc1.CCCC(=O)O. The van der Waals surface area contributed by atoms with Crippen molar-refractivity contribution in [3.05, 3.63) is 47.4 Å². The lowest BCUT2D eigenvalue weighted by atomic mass is 10.2. The van der Waals surface area contributed by atoms with Gasteiger partial charge in [-0.25, -0.2) is 0 Å². The summed E-state index contributed by atoms with van der Waals surface area (Å²) in [6.45, 7) is 6.61. The second-order valence-corrected chi connectivity index (χ2v) is 5.50. The van der Waals surface area contributed by atoms with E-state index in [2.05, 4.69) is 30.8 Å².